The minimum absolute atomic E-state index is 0.146. The molecular weight excluding hydrogens is 246 g/mol. The highest BCUT2D eigenvalue weighted by Crippen LogP contribution is 2.19. The summed E-state index contributed by atoms with van der Waals surface area (Å²) in [6.45, 7) is 1.77. The normalized spacial score (nSPS) is 10.4. The van der Waals surface area contributed by atoms with Crippen molar-refractivity contribution in [2.45, 2.75) is 13.5 Å². The summed E-state index contributed by atoms with van der Waals surface area (Å²) >= 11 is 0. The highest BCUT2D eigenvalue weighted by Gasteiger charge is 2.09. The first-order valence-electron chi connectivity index (χ1n) is 5.72. The van der Waals surface area contributed by atoms with Crippen LogP contribution in [0.15, 0.2) is 29.3 Å². The zero-order valence-corrected chi connectivity index (χ0v) is 10.8. The molecule has 0 saturated heterocycles. The van der Waals surface area contributed by atoms with E-state index in [9.17, 15) is 9.59 Å². The highest BCUT2D eigenvalue weighted by molar-refractivity contribution is 5.93. The van der Waals surface area contributed by atoms with Gasteiger partial charge in [-0.3, -0.25) is 9.36 Å². The molecule has 0 radical (unpaired) electrons. The Labute approximate surface area is 109 Å². The van der Waals surface area contributed by atoms with Crippen molar-refractivity contribution in [2.24, 2.45) is 7.05 Å². The van der Waals surface area contributed by atoms with Crippen LogP contribution in [0, 0.1) is 6.92 Å². The summed E-state index contributed by atoms with van der Waals surface area (Å²) in [6.07, 6.45) is 1.36. The zero-order chi connectivity index (χ0) is 14.0. The third-order valence-corrected chi connectivity index (χ3v) is 2.66. The van der Waals surface area contributed by atoms with Crippen LogP contribution in [0.3, 0.4) is 0 Å². The summed E-state index contributed by atoms with van der Waals surface area (Å²) in [5, 5.41) is 6.46. The Bertz CT molecular complexity index is 671. The number of hydrogen-bond acceptors (Lipinski definition) is 4. The lowest BCUT2D eigenvalue weighted by atomic mass is 10.2. The van der Waals surface area contributed by atoms with E-state index >= 15 is 0 Å². The number of nitrogens with two attached hydrogens (primary N) is 1. The number of carbonyl (C=O) groups excluding carboxylic acids is 1. The fourth-order valence-electron chi connectivity index (χ4n) is 1.65. The molecule has 0 unspecified atom stereocenters. The van der Waals surface area contributed by atoms with Crippen LogP contribution in [-0.2, 0) is 18.4 Å². The molecule has 2 aromatic rings. The van der Waals surface area contributed by atoms with E-state index < -0.39 is 0 Å². The van der Waals surface area contributed by atoms with Gasteiger partial charge in [0.1, 0.15) is 12.9 Å². The van der Waals surface area contributed by atoms with Gasteiger partial charge in [-0.15, -0.1) is 0 Å². The fourth-order valence-corrected chi connectivity index (χ4v) is 1.65. The lowest BCUT2D eigenvalue weighted by Gasteiger charge is -2.08. The second-order valence-corrected chi connectivity index (χ2v) is 4.32. The number of aromatic nitrogens is 3. The minimum atomic E-state index is -0.351. The van der Waals surface area contributed by atoms with E-state index in [1.165, 1.54) is 10.9 Å². The van der Waals surface area contributed by atoms with Gasteiger partial charge in [-0.05, 0) is 24.6 Å². The first-order valence-corrected chi connectivity index (χ1v) is 5.72. The lowest BCUT2D eigenvalue weighted by molar-refractivity contribution is -0.117. The SMILES string of the molecule is Cc1ccc(NC(=O)Cn2ncn(C)c2=O)c(N)c1. The Kier molecular flexibility index (Phi) is 3.37. The van der Waals surface area contributed by atoms with Gasteiger partial charge in [0.05, 0.1) is 11.4 Å². The van der Waals surface area contributed by atoms with E-state index in [2.05, 4.69) is 10.4 Å². The van der Waals surface area contributed by atoms with E-state index in [0.717, 1.165) is 10.2 Å². The molecule has 7 nitrogen and oxygen atoms in total. The van der Waals surface area contributed by atoms with Crippen LogP contribution in [0.4, 0.5) is 11.4 Å². The van der Waals surface area contributed by atoms with E-state index in [1.807, 2.05) is 13.0 Å². The second kappa shape index (κ2) is 4.97. The number of aryl methyl sites for hydroxylation is 2. The molecule has 1 aromatic heterocycles. The minimum Gasteiger partial charge on any atom is -0.397 e. The summed E-state index contributed by atoms with van der Waals surface area (Å²) in [5.41, 5.74) is 7.48. The van der Waals surface area contributed by atoms with Crippen molar-refractivity contribution < 1.29 is 4.79 Å². The van der Waals surface area contributed by atoms with E-state index in [-0.39, 0.29) is 18.1 Å². The maximum Gasteiger partial charge on any atom is 0.345 e. The standard InChI is InChI=1S/C12H15N5O2/c1-8-3-4-10(9(13)5-8)15-11(18)6-17-12(19)16(2)7-14-17/h3-5,7H,6,13H2,1-2H3,(H,15,18). The molecule has 19 heavy (non-hydrogen) atoms. The molecule has 1 heterocycles. The molecule has 0 atom stereocenters. The average molecular weight is 261 g/mol. The Hall–Kier alpha value is -2.57. The van der Waals surface area contributed by atoms with Crippen LogP contribution in [0.1, 0.15) is 5.56 Å². The van der Waals surface area contributed by atoms with Crippen molar-refractivity contribution in [2.75, 3.05) is 11.1 Å². The van der Waals surface area contributed by atoms with E-state index in [1.54, 1.807) is 19.2 Å². The van der Waals surface area contributed by atoms with Crippen molar-refractivity contribution in [1.29, 1.82) is 0 Å². The Morgan fingerprint density at radius 3 is 2.79 bits per heavy atom. The van der Waals surface area contributed by atoms with Crippen molar-refractivity contribution >= 4 is 17.3 Å². The third-order valence-electron chi connectivity index (χ3n) is 2.66. The average Bonchev–Trinajstić information content (AvgIpc) is 2.65. The van der Waals surface area contributed by atoms with Crippen LogP contribution in [0.25, 0.3) is 0 Å². The summed E-state index contributed by atoms with van der Waals surface area (Å²) in [4.78, 5) is 23.3. The summed E-state index contributed by atoms with van der Waals surface area (Å²) in [7, 11) is 1.57. The number of rotatable bonds is 3. The topological polar surface area (TPSA) is 94.9 Å². The fraction of sp³-hybridized carbons (Fsp3) is 0.250. The van der Waals surface area contributed by atoms with Gasteiger partial charge in [-0.25, -0.2) is 9.48 Å². The monoisotopic (exact) mass is 261 g/mol. The number of nitrogen functional groups attached to an aromatic ring is 1. The molecule has 3 N–H and O–H groups in total. The molecule has 0 aliphatic carbocycles. The van der Waals surface area contributed by atoms with Gasteiger partial charge in [0.15, 0.2) is 0 Å². The summed E-state index contributed by atoms with van der Waals surface area (Å²) in [5.74, 6) is -0.351. The number of carbonyl (C=O) groups is 1. The van der Waals surface area contributed by atoms with Gasteiger partial charge >= 0.3 is 5.69 Å². The molecule has 0 spiro atoms. The first kappa shape index (κ1) is 12.9. The molecule has 0 saturated carbocycles. The van der Waals surface area contributed by atoms with E-state index in [4.69, 9.17) is 5.73 Å². The molecule has 100 valence electrons. The Morgan fingerprint density at radius 1 is 1.47 bits per heavy atom. The van der Waals surface area contributed by atoms with Crippen LogP contribution in [0.2, 0.25) is 0 Å². The number of anilines is 2. The van der Waals surface area contributed by atoms with Crippen molar-refractivity contribution in [3.63, 3.8) is 0 Å². The third kappa shape index (κ3) is 2.82. The molecule has 0 bridgehead atoms. The van der Waals surface area contributed by atoms with Gasteiger partial charge < -0.3 is 11.1 Å². The molecular formula is C12H15N5O2. The van der Waals surface area contributed by atoms with Gasteiger partial charge in [-0.1, -0.05) is 6.07 Å². The maximum atomic E-state index is 11.8. The molecule has 0 fully saturated rings. The number of benzene rings is 1. The van der Waals surface area contributed by atoms with E-state index in [0.29, 0.717) is 11.4 Å². The summed E-state index contributed by atoms with van der Waals surface area (Å²) in [6, 6.07) is 5.34. The molecule has 2 rings (SSSR count). The predicted octanol–water partition coefficient (Wildman–Crippen LogP) is 0.111. The molecule has 7 heteroatoms. The summed E-state index contributed by atoms with van der Waals surface area (Å²) < 4.78 is 2.38. The van der Waals surface area contributed by atoms with Crippen molar-refractivity contribution in [3.05, 3.63) is 40.6 Å². The van der Waals surface area contributed by atoms with Crippen LogP contribution >= 0.6 is 0 Å². The van der Waals surface area contributed by atoms with Gasteiger partial charge in [-0.2, -0.15) is 5.10 Å². The molecule has 1 amide bonds. The smallest absolute Gasteiger partial charge is 0.345 e. The molecule has 0 aliphatic heterocycles. The number of nitrogens with zero attached hydrogens (tertiary/aromatic N) is 3. The highest BCUT2D eigenvalue weighted by atomic mass is 16.2. The van der Waals surface area contributed by atoms with Gasteiger partial charge in [0, 0.05) is 7.05 Å². The van der Waals surface area contributed by atoms with Gasteiger partial charge in [0.25, 0.3) is 0 Å². The number of hydrogen-bond donors (Lipinski definition) is 2. The zero-order valence-electron chi connectivity index (χ0n) is 10.8. The largest absolute Gasteiger partial charge is 0.397 e. The first-order chi connectivity index (χ1) is 8.97. The Morgan fingerprint density at radius 2 is 2.21 bits per heavy atom. The van der Waals surface area contributed by atoms with Crippen LogP contribution in [-0.4, -0.2) is 20.3 Å². The van der Waals surface area contributed by atoms with Crippen LogP contribution in [0.5, 0.6) is 0 Å². The molecule has 1 aromatic carbocycles. The molecule has 0 aliphatic rings. The number of nitrogens with one attached hydrogen (secondary N) is 1. The van der Waals surface area contributed by atoms with Crippen molar-refractivity contribution in [1.82, 2.24) is 14.3 Å². The second-order valence-electron chi connectivity index (χ2n) is 4.32. The quantitative estimate of drug-likeness (QED) is 0.767. The van der Waals surface area contributed by atoms with Crippen molar-refractivity contribution in [3.8, 4) is 0 Å². The van der Waals surface area contributed by atoms with Gasteiger partial charge in [0.2, 0.25) is 5.91 Å². The maximum absolute atomic E-state index is 11.8. The predicted molar refractivity (Wildman–Crippen MR) is 71.7 cm³/mol. The number of amides is 1. The lowest BCUT2D eigenvalue weighted by Crippen LogP contribution is -2.29. The Balaban J connectivity index is 2.09. The van der Waals surface area contributed by atoms with Crippen LogP contribution < -0.4 is 16.7 Å².